The van der Waals surface area contributed by atoms with Crippen molar-refractivity contribution in [1.82, 2.24) is 24.6 Å². The zero-order chi connectivity index (χ0) is 21.1. The minimum atomic E-state index is 0.0301. The summed E-state index contributed by atoms with van der Waals surface area (Å²) < 4.78 is 1.68. The Labute approximate surface area is 176 Å². The minimum Gasteiger partial charge on any atom is -0.367 e. The predicted octanol–water partition coefficient (Wildman–Crippen LogP) is 2.66. The number of anilines is 2. The van der Waals surface area contributed by atoms with Crippen LogP contribution in [0.25, 0.3) is 11.3 Å². The van der Waals surface area contributed by atoms with Crippen LogP contribution in [-0.2, 0) is 7.05 Å². The van der Waals surface area contributed by atoms with E-state index < -0.39 is 0 Å². The number of hydrogen-bond donors (Lipinski definition) is 1. The van der Waals surface area contributed by atoms with Gasteiger partial charge in [-0.3, -0.25) is 9.48 Å². The van der Waals surface area contributed by atoms with Crippen molar-refractivity contribution in [2.24, 2.45) is 7.05 Å². The summed E-state index contributed by atoms with van der Waals surface area (Å²) in [6.07, 6.45) is 3.32. The van der Waals surface area contributed by atoms with Gasteiger partial charge in [0.1, 0.15) is 23.7 Å². The molecule has 0 saturated carbocycles. The molecule has 0 aliphatic carbocycles. The quantitative estimate of drug-likeness (QED) is 0.703. The molecule has 0 spiro atoms. The molecule has 1 N–H and O–H groups in total. The zero-order valence-electron chi connectivity index (χ0n) is 17.6. The fourth-order valence-corrected chi connectivity index (χ4v) is 3.69. The molecule has 3 aromatic rings. The average Bonchev–Trinajstić information content (AvgIpc) is 3.16. The van der Waals surface area contributed by atoms with Crippen molar-refractivity contribution in [3.8, 4) is 11.3 Å². The number of carbonyl (C=O) groups is 1. The molecular formula is C22H27N7O. The number of aromatic nitrogens is 4. The van der Waals surface area contributed by atoms with Gasteiger partial charge in [0.05, 0.1) is 5.69 Å². The van der Waals surface area contributed by atoms with Crippen LogP contribution < -0.4 is 10.2 Å². The lowest BCUT2D eigenvalue weighted by atomic mass is 10.0. The van der Waals surface area contributed by atoms with Crippen molar-refractivity contribution < 1.29 is 4.79 Å². The molecule has 0 unspecified atom stereocenters. The summed E-state index contributed by atoms with van der Waals surface area (Å²) >= 11 is 0. The molecule has 1 aliphatic heterocycles. The van der Waals surface area contributed by atoms with Crippen molar-refractivity contribution in [3.63, 3.8) is 0 Å². The summed E-state index contributed by atoms with van der Waals surface area (Å²) in [5.74, 6) is 1.71. The van der Waals surface area contributed by atoms with E-state index in [4.69, 9.17) is 0 Å². The van der Waals surface area contributed by atoms with Gasteiger partial charge >= 0.3 is 0 Å². The molecule has 1 saturated heterocycles. The summed E-state index contributed by atoms with van der Waals surface area (Å²) in [6.45, 7) is 1.40. The highest BCUT2D eigenvalue weighted by Gasteiger charge is 2.26. The van der Waals surface area contributed by atoms with Gasteiger partial charge in [-0.1, -0.05) is 30.3 Å². The third-order valence-corrected chi connectivity index (χ3v) is 5.41. The third-order valence-electron chi connectivity index (χ3n) is 5.41. The Bertz CT molecular complexity index is 1010. The van der Waals surface area contributed by atoms with Crippen molar-refractivity contribution >= 4 is 17.5 Å². The van der Waals surface area contributed by atoms with Crippen molar-refractivity contribution in [3.05, 3.63) is 54.5 Å². The molecule has 4 rings (SSSR count). The van der Waals surface area contributed by atoms with Crippen LogP contribution in [-0.4, -0.2) is 63.8 Å². The lowest BCUT2D eigenvalue weighted by Crippen LogP contribution is -2.43. The molecule has 1 aliphatic rings. The summed E-state index contributed by atoms with van der Waals surface area (Å²) in [4.78, 5) is 25.5. The lowest BCUT2D eigenvalue weighted by molar-refractivity contribution is 0.0707. The van der Waals surface area contributed by atoms with Crippen LogP contribution in [0.3, 0.4) is 0 Å². The van der Waals surface area contributed by atoms with E-state index in [1.54, 1.807) is 11.0 Å². The first-order valence-corrected chi connectivity index (χ1v) is 10.2. The number of aryl methyl sites for hydroxylation is 1. The Kier molecular flexibility index (Phi) is 5.65. The molecule has 0 radical (unpaired) electrons. The second-order valence-corrected chi connectivity index (χ2v) is 7.77. The van der Waals surface area contributed by atoms with Gasteiger partial charge in [-0.15, -0.1) is 0 Å². The number of carbonyl (C=O) groups excluding carboxylic acids is 1. The number of amides is 1. The average molecular weight is 406 g/mol. The van der Waals surface area contributed by atoms with E-state index in [1.165, 1.54) is 0 Å². The van der Waals surface area contributed by atoms with E-state index in [-0.39, 0.29) is 11.9 Å². The van der Waals surface area contributed by atoms with Crippen LogP contribution in [0.15, 0.2) is 48.8 Å². The number of nitrogens with zero attached hydrogens (tertiary/aromatic N) is 6. The van der Waals surface area contributed by atoms with Crippen LogP contribution in [0, 0.1) is 0 Å². The summed E-state index contributed by atoms with van der Waals surface area (Å²) in [5, 5.41) is 8.01. The fraction of sp³-hybridized carbons (Fsp3) is 0.364. The van der Waals surface area contributed by atoms with Crippen LogP contribution >= 0.6 is 0 Å². The molecule has 8 heteroatoms. The molecule has 2 aromatic heterocycles. The molecule has 3 heterocycles. The Balaban J connectivity index is 1.38. The lowest BCUT2D eigenvalue weighted by Gasteiger charge is -2.32. The number of nitrogens with one attached hydrogen (secondary N) is 1. The predicted molar refractivity (Wildman–Crippen MR) is 118 cm³/mol. The maximum Gasteiger partial charge on any atom is 0.272 e. The first-order chi connectivity index (χ1) is 14.5. The summed E-state index contributed by atoms with van der Waals surface area (Å²) in [7, 11) is 5.74. The van der Waals surface area contributed by atoms with Gasteiger partial charge in [0.15, 0.2) is 0 Å². The Hall–Kier alpha value is -3.42. The fourth-order valence-electron chi connectivity index (χ4n) is 3.69. The van der Waals surface area contributed by atoms with Gasteiger partial charge in [-0.05, 0) is 18.9 Å². The molecule has 0 bridgehead atoms. The second-order valence-electron chi connectivity index (χ2n) is 7.77. The van der Waals surface area contributed by atoms with Crippen LogP contribution in [0.5, 0.6) is 0 Å². The normalized spacial score (nSPS) is 14.6. The van der Waals surface area contributed by atoms with E-state index in [1.807, 2.05) is 73.4 Å². The second kappa shape index (κ2) is 8.52. The minimum absolute atomic E-state index is 0.0301. The van der Waals surface area contributed by atoms with Gasteiger partial charge < -0.3 is 15.1 Å². The first kappa shape index (κ1) is 19.9. The molecule has 1 amide bonds. The molecule has 156 valence electrons. The van der Waals surface area contributed by atoms with Crippen molar-refractivity contribution in [1.29, 1.82) is 0 Å². The Morgan fingerprint density at radius 3 is 2.53 bits per heavy atom. The molecule has 1 fully saturated rings. The van der Waals surface area contributed by atoms with Crippen molar-refractivity contribution in [2.45, 2.75) is 18.9 Å². The topological polar surface area (TPSA) is 79.2 Å². The maximum atomic E-state index is 13.1. The van der Waals surface area contributed by atoms with Crippen LogP contribution in [0.2, 0.25) is 0 Å². The number of hydrogen-bond acceptors (Lipinski definition) is 6. The van der Waals surface area contributed by atoms with Gasteiger partial charge in [0.25, 0.3) is 5.91 Å². The van der Waals surface area contributed by atoms with Gasteiger partial charge in [0, 0.05) is 51.9 Å². The van der Waals surface area contributed by atoms with E-state index in [0.29, 0.717) is 18.8 Å². The van der Waals surface area contributed by atoms with Gasteiger partial charge in [-0.2, -0.15) is 5.10 Å². The monoisotopic (exact) mass is 405 g/mol. The molecule has 30 heavy (non-hydrogen) atoms. The number of piperidine rings is 1. The molecular weight excluding hydrogens is 378 g/mol. The standard InChI is InChI=1S/C22H27N7O/c1-27(2)21-14-20(23-15-24-21)25-17-9-11-29(12-10-17)22(30)19-13-18(26-28(19)3)16-7-5-4-6-8-16/h4-8,13-15,17H,9-12H2,1-3H3,(H,23,24,25). The number of rotatable bonds is 5. The highest BCUT2D eigenvalue weighted by atomic mass is 16.2. The first-order valence-electron chi connectivity index (χ1n) is 10.2. The van der Waals surface area contributed by atoms with Crippen LogP contribution in [0.1, 0.15) is 23.3 Å². The van der Waals surface area contributed by atoms with Gasteiger partial charge in [-0.25, -0.2) is 9.97 Å². The van der Waals surface area contributed by atoms with E-state index >= 15 is 0 Å². The van der Waals surface area contributed by atoms with E-state index in [2.05, 4.69) is 20.4 Å². The third kappa shape index (κ3) is 4.27. The highest BCUT2D eigenvalue weighted by Crippen LogP contribution is 2.22. The zero-order valence-corrected chi connectivity index (χ0v) is 17.6. The number of likely N-dealkylation sites (tertiary alicyclic amines) is 1. The molecule has 0 atom stereocenters. The number of benzene rings is 1. The Morgan fingerprint density at radius 1 is 1.10 bits per heavy atom. The maximum absolute atomic E-state index is 13.1. The SMILES string of the molecule is CN(C)c1cc(NC2CCN(C(=O)c3cc(-c4ccccc4)nn3C)CC2)ncn1. The van der Waals surface area contributed by atoms with Gasteiger partial charge in [0.2, 0.25) is 0 Å². The van der Waals surface area contributed by atoms with Crippen molar-refractivity contribution in [2.75, 3.05) is 37.4 Å². The summed E-state index contributed by atoms with van der Waals surface area (Å²) in [5.41, 5.74) is 2.45. The highest BCUT2D eigenvalue weighted by molar-refractivity contribution is 5.93. The largest absolute Gasteiger partial charge is 0.367 e. The Morgan fingerprint density at radius 2 is 1.83 bits per heavy atom. The van der Waals surface area contributed by atoms with E-state index in [9.17, 15) is 4.79 Å². The van der Waals surface area contributed by atoms with E-state index in [0.717, 1.165) is 35.7 Å². The van der Waals surface area contributed by atoms with Crippen LogP contribution in [0.4, 0.5) is 11.6 Å². The smallest absolute Gasteiger partial charge is 0.272 e. The summed E-state index contributed by atoms with van der Waals surface area (Å²) in [6, 6.07) is 14.0. The molecule has 1 aromatic carbocycles. The molecule has 8 nitrogen and oxygen atoms in total.